The first-order valence-corrected chi connectivity index (χ1v) is 8.36. The zero-order valence-electron chi connectivity index (χ0n) is 11.7. The molecule has 20 heavy (non-hydrogen) atoms. The van der Waals surface area contributed by atoms with Crippen LogP contribution in [0.1, 0.15) is 26.2 Å². The summed E-state index contributed by atoms with van der Waals surface area (Å²) in [7, 11) is -2.27. The van der Waals surface area contributed by atoms with Crippen molar-refractivity contribution >= 4 is 21.6 Å². The summed E-state index contributed by atoms with van der Waals surface area (Å²) in [6, 6.07) is 4.14. The minimum absolute atomic E-state index is 0.0688. The van der Waals surface area contributed by atoms with E-state index in [4.69, 9.17) is 22.1 Å². The molecular weight excluding hydrogens is 300 g/mol. The topological polar surface area (TPSA) is 81.4 Å². The Morgan fingerprint density at radius 3 is 2.70 bits per heavy atom. The van der Waals surface area contributed by atoms with Gasteiger partial charge in [-0.2, -0.15) is 0 Å². The van der Waals surface area contributed by atoms with Crippen LogP contribution in [0.3, 0.4) is 0 Å². The summed E-state index contributed by atoms with van der Waals surface area (Å²) in [5.74, 6) is 0.219. The lowest BCUT2D eigenvalue weighted by atomic mass is 10.1. The number of nitrogens with one attached hydrogen (secondary N) is 1. The maximum Gasteiger partial charge on any atom is 0.244 e. The minimum Gasteiger partial charge on any atom is -0.495 e. The summed E-state index contributed by atoms with van der Waals surface area (Å²) in [5.41, 5.74) is 5.61. The smallest absolute Gasteiger partial charge is 0.244 e. The van der Waals surface area contributed by atoms with Crippen LogP contribution in [0.2, 0.25) is 5.02 Å². The fourth-order valence-corrected chi connectivity index (χ4v) is 3.42. The van der Waals surface area contributed by atoms with E-state index in [1.54, 1.807) is 0 Å². The van der Waals surface area contributed by atoms with Gasteiger partial charge in [0, 0.05) is 23.7 Å². The lowest BCUT2D eigenvalue weighted by Crippen LogP contribution is -2.40. The predicted molar refractivity (Wildman–Crippen MR) is 80.7 cm³/mol. The lowest BCUT2D eigenvalue weighted by molar-refractivity contribution is 0.401. The monoisotopic (exact) mass is 320 g/mol. The first kappa shape index (κ1) is 17.2. The first-order valence-electron chi connectivity index (χ1n) is 6.50. The molecule has 0 amide bonds. The van der Waals surface area contributed by atoms with Gasteiger partial charge in [-0.25, -0.2) is 13.1 Å². The highest BCUT2D eigenvalue weighted by atomic mass is 35.5. The number of rotatable bonds is 8. The second-order valence-electron chi connectivity index (χ2n) is 4.49. The molecule has 1 aromatic carbocycles. The third kappa shape index (κ3) is 4.63. The van der Waals surface area contributed by atoms with Crippen molar-refractivity contribution in [3.63, 3.8) is 0 Å². The summed E-state index contributed by atoms with van der Waals surface area (Å²) in [6.07, 6.45) is 2.62. The molecule has 0 heterocycles. The van der Waals surface area contributed by atoms with Crippen LogP contribution < -0.4 is 15.2 Å². The molecule has 5 nitrogen and oxygen atoms in total. The number of ether oxygens (including phenoxy) is 1. The highest BCUT2D eigenvalue weighted by molar-refractivity contribution is 7.89. The molecule has 7 heteroatoms. The predicted octanol–water partition coefficient (Wildman–Crippen LogP) is 2.14. The summed E-state index contributed by atoms with van der Waals surface area (Å²) in [5, 5.41) is 0.419. The Balaban J connectivity index is 2.98. The molecule has 0 saturated heterocycles. The largest absolute Gasteiger partial charge is 0.495 e. The normalized spacial score (nSPS) is 13.2. The van der Waals surface area contributed by atoms with Crippen molar-refractivity contribution < 1.29 is 13.2 Å². The van der Waals surface area contributed by atoms with Crippen LogP contribution in [0.15, 0.2) is 23.1 Å². The maximum absolute atomic E-state index is 12.4. The van der Waals surface area contributed by atoms with E-state index < -0.39 is 10.0 Å². The highest BCUT2D eigenvalue weighted by Gasteiger charge is 2.22. The number of unbranched alkanes of at least 4 members (excludes halogenated alkanes) is 1. The van der Waals surface area contributed by atoms with Gasteiger partial charge in [-0.05, 0) is 18.6 Å². The Morgan fingerprint density at radius 1 is 1.45 bits per heavy atom. The van der Waals surface area contributed by atoms with Crippen LogP contribution >= 0.6 is 11.6 Å². The van der Waals surface area contributed by atoms with E-state index in [1.807, 2.05) is 6.92 Å². The third-order valence-corrected chi connectivity index (χ3v) is 4.72. The Labute approximate surface area is 125 Å². The van der Waals surface area contributed by atoms with Crippen LogP contribution in [-0.4, -0.2) is 28.1 Å². The number of benzene rings is 1. The van der Waals surface area contributed by atoms with Crippen LogP contribution in [0, 0.1) is 0 Å². The van der Waals surface area contributed by atoms with Crippen molar-refractivity contribution in [3.05, 3.63) is 23.2 Å². The van der Waals surface area contributed by atoms with Crippen molar-refractivity contribution in [1.82, 2.24) is 4.72 Å². The quantitative estimate of drug-likeness (QED) is 0.769. The van der Waals surface area contributed by atoms with E-state index in [1.165, 1.54) is 25.3 Å². The van der Waals surface area contributed by atoms with Crippen molar-refractivity contribution in [2.75, 3.05) is 13.7 Å². The first-order chi connectivity index (χ1) is 9.44. The standard InChI is InChI=1S/C13H21ClN2O3S/c1-3-4-5-11(9-15)16-20(17,18)13-7-6-10(14)8-12(13)19-2/h6-8,11,16H,3-5,9,15H2,1-2H3. The van der Waals surface area contributed by atoms with Crippen LogP contribution in [0.25, 0.3) is 0 Å². The molecule has 1 aromatic rings. The second kappa shape index (κ2) is 7.83. The van der Waals surface area contributed by atoms with E-state index in [2.05, 4.69) is 4.72 Å². The molecule has 0 aromatic heterocycles. The molecule has 0 bridgehead atoms. The fourth-order valence-electron chi connectivity index (χ4n) is 1.82. The molecule has 0 aliphatic heterocycles. The molecule has 114 valence electrons. The molecule has 0 spiro atoms. The van der Waals surface area contributed by atoms with Gasteiger partial charge in [0.05, 0.1) is 7.11 Å². The van der Waals surface area contributed by atoms with E-state index in [-0.39, 0.29) is 23.2 Å². The van der Waals surface area contributed by atoms with Gasteiger partial charge in [0.25, 0.3) is 0 Å². The Morgan fingerprint density at radius 2 is 2.15 bits per heavy atom. The summed E-state index contributed by atoms with van der Waals surface area (Å²) >= 11 is 5.83. The zero-order chi connectivity index (χ0) is 15.2. The van der Waals surface area contributed by atoms with Gasteiger partial charge in [0.2, 0.25) is 10.0 Å². The Hall–Kier alpha value is -0.820. The van der Waals surface area contributed by atoms with Crippen molar-refractivity contribution in [1.29, 1.82) is 0 Å². The van der Waals surface area contributed by atoms with Gasteiger partial charge in [-0.1, -0.05) is 31.4 Å². The van der Waals surface area contributed by atoms with Crippen molar-refractivity contribution in [2.45, 2.75) is 37.1 Å². The summed E-state index contributed by atoms with van der Waals surface area (Å²) in [6.45, 7) is 2.30. The number of hydrogen-bond donors (Lipinski definition) is 2. The molecule has 0 saturated carbocycles. The van der Waals surface area contributed by atoms with E-state index >= 15 is 0 Å². The number of nitrogens with two attached hydrogens (primary N) is 1. The second-order valence-corrected chi connectivity index (χ2v) is 6.61. The number of methoxy groups -OCH3 is 1. The van der Waals surface area contributed by atoms with Gasteiger partial charge in [-0.15, -0.1) is 0 Å². The van der Waals surface area contributed by atoms with Gasteiger partial charge < -0.3 is 10.5 Å². The fraction of sp³-hybridized carbons (Fsp3) is 0.538. The number of sulfonamides is 1. The van der Waals surface area contributed by atoms with Crippen molar-refractivity contribution in [2.24, 2.45) is 5.73 Å². The molecule has 0 fully saturated rings. The molecule has 0 aliphatic rings. The van der Waals surface area contributed by atoms with Gasteiger partial charge in [0.1, 0.15) is 10.6 Å². The number of halogens is 1. The molecule has 1 atom stereocenters. The van der Waals surface area contributed by atoms with Crippen LogP contribution in [0.5, 0.6) is 5.75 Å². The van der Waals surface area contributed by atoms with E-state index in [0.29, 0.717) is 11.4 Å². The van der Waals surface area contributed by atoms with Crippen LogP contribution in [-0.2, 0) is 10.0 Å². The van der Waals surface area contributed by atoms with Gasteiger partial charge in [0.15, 0.2) is 0 Å². The highest BCUT2D eigenvalue weighted by Crippen LogP contribution is 2.27. The summed E-state index contributed by atoms with van der Waals surface area (Å²) < 4.78 is 32.4. The molecule has 1 unspecified atom stereocenters. The summed E-state index contributed by atoms with van der Waals surface area (Å²) in [4.78, 5) is 0.0688. The molecular formula is C13H21ClN2O3S. The molecule has 3 N–H and O–H groups in total. The Bertz CT molecular complexity index is 534. The SMILES string of the molecule is CCCCC(CN)NS(=O)(=O)c1ccc(Cl)cc1OC. The maximum atomic E-state index is 12.4. The third-order valence-electron chi connectivity index (χ3n) is 2.93. The van der Waals surface area contributed by atoms with Crippen LogP contribution in [0.4, 0.5) is 0 Å². The lowest BCUT2D eigenvalue weighted by Gasteiger charge is -2.18. The van der Waals surface area contributed by atoms with Gasteiger partial charge in [-0.3, -0.25) is 0 Å². The van der Waals surface area contributed by atoms with Gasteiger partial charge >= 0.3 is 0 Å². The average Bonchev–Trinajstić information content (AvgIpc) is 2.42. The van der Waals surface area contributed by atoms with Crippen molar-refractivity contribution in [3.8, 4) is 5.75 Å². The minimum atomic E-state index is -3.68. The average molecular weight is 321 g/mol. The molecule has 0 aliphatic carbocycles. The number of hydrogen-bond acceptors (Lipinski definition) is 4. The van der Waals surface area contributed by atoms with E-state index in [9.17, 15) is 8.42 Å². The molecule has 1 rings (SSSR count). The van der Waals surface area contributed by atoms with E-state index in [0.717, 1.165) is 12.8 Å². The Kier molecular flexibility index (Phi) is 6.75. The zero-order valence-corrected chi connectivity index (χ0v) is 13.3. The molecule has 0 radical (unpaired) electrons.